The lowest BCUT2D eigenvalue weighted by Gasteiger charge is -1.96. The summed E-state index contributed by atoms with van der Waals surface area (Å²) in [6, 6.07) is 4.50. The first kappa shape index (κ1) is 10.3. The van der Waals surface area contributed by atoms with Crippen LogP contribution in [-0.2, 0) is 0 Å². The lowest BCUT2D eigenvalue weighted by atomic mass is 10.1. The van der Waals surface area contributed by atoms with Gasteiger partial charge in [0.05, 0.1) is 0 Å². The topological polar surface area (TPSA) is 63.3 Å². The van der Waals surface area contributed by atoms with Crippen molar-refractivity contribution in [1.82, 2.24) is 0 Å². The fourth-order valence-corrected chi connectivity index (χ4v) is 0.991. The number of carbonyl (C=O) groups excluding carboxylic acids is 1. The summed E-state index contributed by atoms with van der Waals surface area (Å²) in [4.78, 5) is 10.6. The van der Waals surface area contributed by atoms with Gasteiger partial charge in [-0.3, -0.25) is 4.79 Å². The molecule has 0 saturated carbocycles. The van der Waals surface area contributed by atoms with Gasteiger partial charge >= 0.3 is 0 Å². The SMILES string of the molecule is NCCC#Cc1ccc(O)cc1C=O. The van der Waals surface area contributed by atoms with Gasteiger partial charge in [-0.1, -0.05) is 11.8 Å². The maximum absolute atomic E-state index is 10.6. The first-order chi connectivity index (χ1) is 6.77. The maximum atomic E-state index is 10.6. The molecule has 0 fully saturated rings. The first-order valence-corrected chi connectivity index (χ1v) is 4.25. The molecule has 1 aromatic rings. The molecule has 0 aliphatic carbocycles. The fourth-order valence-electron chi connectivity index (χ4n) is 0.991. The molecule has 0 unspecified atom stereocenters. The predicted molar refractivity (Wildman–Crippen MR) is 54.0 cm³/mol. The van der Waals surface area contributed by atoms with Crippen molar-refractivity contribution in [3.63, 3.8) is 0 Å². The Hall–Kier alpha value is -1.79. The second kappa shape index (κ2) is 5.05. The molecule has 0 radical (unpaired) electrons. The third kappa shape index (κ3) is 2.61. The van der Waals surface area contributed by atoms with E-state index in [4.69, 9.17) is 10.8 Å². The molecule has 72 valence electrons. The molecule has 1 rings (SSSR count). The van der Waals surface area contributed by atoms with Crippen molar-refractivity contribution in [1.29, 1.82) is 0 Å². The average molecular weight is 189 g/mol. The predicted octanol–water partition coefficient (Wildman–Crippen LogP) is 0.905. The highest BCUT2D eigenvalue weighted by atomic mass is 16.3. The number of aromatic hydroxyl groups is 1. The van der Waals surface area contributed by atoms with Crippen LogP contribution in [0.5, 0.6) is 5.75 Å². The van der Waals surface area contributed by atoms with Gasteiger partial charge in [0.25, 0.3) is 0 Å². The van der Waals surface area contributed by atoms with Gasteiger partial charge in [0.2, 0.25) is 0 Å². The number of hydrogen-bond donors (Lipinski definition) is 2. The van der Waals surface area contributed by atoms with Crippen LogP contribution in [-0.4, -0.2) is 17.9 Å². The quantitative estimate of drug-likeness (QED) is 0.536. The number of carbonyl (C=O) groups is 1. The summed E-state index contributed by atoms with van der Waals surface area (Å²) in [5.41, 5.74) is 6.29. The Balaban J connectivity index is 2.98. The Morgan fingerprint density at radius 3 is 2.93 bits per heavy atom. The molecule has 0 aliphatic heterocycles. The van der Waals surface area contributed by atoms with E-state index in [0.717, 1.165) is 0 Å². The molecule has 0 spiro atoms. The highest BCUT2D eigenvalue weighted by molar-refractivity contribution is 5.80. The molecule has 0 heterocycles. The molecule has 1 aromatic carbocycles. The van der Waals surface area contributed by atoms with Crippen LogP contribution in [0.4, 0.5) is 0 Å². The van der Waals surface area contributed by atoms with Gasteiger partial charge in [-0.05, 0) is 18.2 Å². The van der Waals surface area contributed by atoms with Crippen LogP contribution < -0.4 is 5.73 Å². The Labute approximate surface area is 82.6 Å². The third-order valence-electron chi connectivity index (χ3n) is 1.65. The van der Waals surface area contributed by atoms with Crippen molar-refractivity contribution < 1.29 is 9.90 Å². The molecule has 3 heteroatoms. The summed E-state index contributed by atoms with van der Waals surface area (Å²) in [5.74, 6) is 5.72. The minimum absolute atomic E-state index is 0.0662. The van der Waals surface area contributed by atoms with E-state index in [-0.39, 0.29) is 5.75 Å². The van der Waals surface area contributed by atoms with Gasteiger partial charge in [0, 0.05) is 24.1 Å². The molecule has 0 bridgehead atoms. The maximum Gasteiger partial charge on any atom is 0.151 e. The second-order valence-corrected chi connectivity index (χ2v) is 2.73. The monoisotopic (exact) mass is 189 g/mol. The van der Waals surface area contributed by atoms with Gasteiger partial charge in [0.1, 0.15) is 5.75 Å². The number of benzene rings is 1. The van der Waals surface area contributed by atoms with Crippen molar-refractivity contribution in [3.8, 4) is 17.6 Å². The lowest BCUT2D eigenvalue weighted by molar-refractivity contribution is 0.112. The molecule has 0 atom stereocenters. The molecule has 0 aliphatic rings. The summed E-state index contributed by atoms with van der Waals surface area (Å²) >= 11 is 0. The van der Waals surface area contributed by atoms with Crippen molar-refractivity contribution in [2.45, 2.75) is 6.42 Å². The van der Waals surface area contributed by atoms with Crippen LogP contribution in [0, 0.1) is 11.8 Å². The number of nitrogens with two attached hydrogens (primary N) is 1. The van der Waals surface area contributed by atoms with Gasteiger partial charge < -0.3 is 10.8 Å². The molecule has 3 N–H and O–H groups in total. The zero-order valence-electron chi connectivity index (χ0n) is 7.66. The largest absolute Gasteiger partial charge is 0.508 e. The minimum Gasteiger partial charge on any atom is -0.508 e. The van der Waals surface area contributed by atoms with Crippen LogP contribution in [0.3, 0.4) is 0 Å². The Morgan fingerprint density at radius 2 is 2.29 bits per heavy atom. The Bertz CT molecular complexity index is 388. The Morgan fingerprint density at radius 1 is 1.50 bits per heavy atom. The highest BCUT2D eigenvalue weighted by Crippen LogP contribution is 2.13. The van der Waals surface area contributed by atoms with Crippen molar-refractivity contribution in [2.75, 3.05) is 6.54 Å². The third-order valence-corrected chi connectivity index (χ3v) is 1.65. The summed E-state index contributed by atoms with van der Waals surface area (Å²) in [6.45, 7) is 0.501. The van der Waals surface area contributed by atoms with E-state index >= 15 is 0 Å². The smallest absolute Gasteiger partial charge is 0.151 e. The van der Waals surface area contributed by atoms with Crippen molar-refractivity contribution in [2.24, 2.45) is 5.73 Å². The second-order valence-electron chi connectivity index (χ2n) is 2.73. The molecular weight excluding hydrogens is 178 g/mol. The van der Waals surface area contributed by atoms with E-state index in [0.29, 0.717) is 30.4 Å². The highest BCUT2D eigenvalue weighted by Gasteiger charge is 1.99. The van der Waals surface area contributed by atoms with Crippen LogP contribution in [0.25, 0.3) is 0 Å². The van der Waals surface area contributed by atoms with Crippen molar-refractivity contribution in [3.05, 3.63) is 29.3 Å². The lowest BCUT2D eigenvalue weighted by Crippen LogP contribution is -1.95. The van der Waals surface area contributed by atoms with E-state index in [1.165, 1.54) is 12.1 Å². The van der Waals surface area contributed by atoms with E-state index < -0.39 is 0 Å². The van der Waals surface area contributed by atoms with Gasteiger partial charge in [-0.15, -0.1) is 0 Å². The van der Waals surface area contributed by atoms with Crippen LogP contribution in [0.15, 0.2) is 18.2 Å². The number of phenolic OH excluding ortho intramolecular Hbond substituents is 1. The zero-order valence-corrected chi connectivity index (χ0v) is 7.66. The number of hydrogen-bond acceptors (Lipinski definition) is 3. The number of aldehydes is 1. The van der Waals surface area contributed by atoms with Crippen LogP contribution >= 0.6 is 0 Å². The van der Waals surface area contributed by atoms with Gasteiger partial charge in [0.15, 0.2) is 6.29 Å². The number of phenols is 1. The van der Waals surface area contributed by atoms with Crippen molar-refractivity contribution >= 4 is 6.29 Å². The van der Waals surface area contributed by atoms with E-state index in [2.05, 4.69) is 11.8 Å². The summed E-state index contributed by atoms with van der Waals surface area (Å²) in [5, 5.41) is 9.11. The van der Waals surface area contributed by atoms with Gasteiger partial charge in [-0.2, -0.15) is 0 Å². The molecule has 3 nitrogen and oxygen atoms in total. The van der Waals surface area contributed by atoms with E-state index in [9.17, 15) is 4.79 Å². The van der Waals surface area contributed by atoms with Crippen LogP contribution in [0.2, 0.25) is 0 Å². The molecule has 0 aromatic heterocycles. The summed E-state index contributed by atoms with van der Waals surface area (Å²) in [6.07, 6.45) is 1.27. The van der Waals surface area contributed by atoms with E-state index in [1.54, 1.807) is 6.07 Å². The molecular formula is C11H11NO2. The average Bonchev–Trinajstić information content (AvgIpc) is 2.20. The number of rotatable bonds is 2. The standard InChI is InChI=1S/C11H11NO2/c12-6-2-1-3-9-4-5-11(14)7-10(9)8-13/h4-5,7-8,14H,2,6,12H2. The first-order valence-electron chi connectivity index (χ1n) is 4.25. The summed E-state index contributed by atoms with van der Waals surface area (Å²) in [7, 11) is 0. The minimum atomic E-state index is 0.0662. The molecule has 0 saturated heterocycles. The zero-order chi connectivity index (χ0) is 10.4. The normalized spacial score (nSPS) is 8.93. The van der Waals surface area contributed by atoms with Crippen LogP contribution in [0.1, 0.15) is 22.3 Å². The van der Waals surface area contributed by atoms with Gasteiger partial charge in [-0.25, -0.2) is 0 Å². The summed E-state index contributed by atoms with van der Waals surface area (Å²) < 4.78 is 0. The fraction of sp³-hybridized carbons (Fsp3) is 0.182. The molecule has 14 heavy (non-hydrogen) atoms. The molecule has 0 amide bonds. The Kier molecular flexibility index (Phi) is 3.71. The van der Waals surface area contributed by atoms with E-state index in [1.807, 2.05) is 0 Å².